The first-order valence-corrected chi connectivity index (χ1v) is 14.0. The third-order valence-corrected chi connectivity index (χ3v) is 5.40. The first kappa shape index (κ1) is 35.1. The van der Waals surface area contributed by atoms with Crippen LogP contribution < -0.4 is 20.5 Å². The van der Waals surface area contributed by atoms with E-state index in [-0.39, 0.29) is 49.9 Å². The molecule has 1 saturated heterocycles. The maximum Gasteiger partial charge on any atom is 0.344 e. The van der Waals surface area contributed by atoms with Gasteiger partial charge in [-0.25, -0.2) is 4.79 Å². The lowest BCUT2D eigenvalue weighted by atomic mass is 10.2. The summed E-state index contributed by atoms with van der Waals surface area (Å²) in [7, 11) is 0. The Hall–Kier alpha value is -4.08. The Morgan fingerprint density at radius 3 is 2.23 bits per heavy atom. The smallest absolute Gasteiger partial charge is 0.344 e. The molecule has 1 heterocycles. The number of hydroxylamine groups is 2. The fraction of sp³-hybridized carbons (Fsp3) is 0.571. The molecule has 1 aromatic carbocycles. The van der Waals surface area contributed by atoms with Crippen LogP contribution in [-0.4, -0.2) is 86.6 Å². The Morgan fingerprint density at radius 2 is 1.53 bits per heavy atom. The third kappa shape index (κ3) is 15.1. The van der Waals surface area contributed by atoms with Crippen LogP contribution in [0.2, 0.25) is 0 Å². The molecule has 0 radical (unpaired) electrons. The number of hydrogen-bond acceptors (Lipinski definition) is 13. The molecule has 238 valence electrons. The molecule has 0 atom stereocenters. The Bertz CT molecular complexity index is 1110. The summed E-state index contributed by atoms with van der Waals surface area (Å²) in [5, 5.41) is 6.95. The molecule has 2 rings (SSSR count). The average Bonchev–Trinajstić information content (AvgIpc) is 3.25. The van der Waals surface area contributed by atoms with E-state index in [2.05, 4.69) is 10.5 Å². The van der Waals surface area contributed by atoms with Gasteiger partial charge >= 0.3 is 11.9 Å². The third-order valence-electron chi connectivity index (χ3n) is 5.40. The van der Waals surface area contributed by atoms with E-state index < -0.39 is 30.2 Å². The van der Waals surface area contributed by atoms with Crippen LogP contribution in [0.25, 0.3) is 0 Å². The van der Waals surface area contributed by atoms with E-state index in [1.165, 1.54) is 12.1 Å². The molecule has 1 fully saturated rings. The minimum atomic E-state index is -1.14. The zero-order chi connectivity index (χ0) is 31.5. The van der Waals surface area contributed by atoms with E-state index in [1.807, 2.05) is 13.8 Å². The number of carbonyl (C=O) groups is 5. The minimum absolute atomic E-state index is 0.0149. The number of anilines is 1. The zero-order valence-corrected chi connectivity index (χ0v) is 24.6. The van der Waals surface area contributed by atoms with Gasteiger partial charge in [0, 0.05) is 49.7 Å². The molecule has 0 spiro atoms. The van der Waals surface area contributed by atoms with Crippen LogP contribution in [0.15, 0.2) is 23.4 Å². The molecule has 0 aliphatic carbocycles. The van der Waals surface area contributed by atoms with Crippen LogP contribution in [0.3, 0.4) is 0 Å². The van der Waals surface area contributed by atoms with Crippen LogP contribution in [0.1, 0.15) is 58.8 Å². The second-order valence-corrected chi connectivity index (χ2v) is 9.48. The number of hydrogen-bond donors (Lipinski definition) is 2. The number of nitrogens with one attached hydrogen (secondary N) is 1. The topological polar surface area (TPSA) is 194 Å². The number of unbranched alkanes of at least 4 members (excludes halogenated alkanes) is 2. The number of imide groups is 1. The second-order valence-electron chi connectivity index (χ2n) is 9.48. The molecule has 1 aliphatic heterocycles. The second kappa shape index (κ2) is 19.9. The van der Waals surface area contributed by atoms with Crippen molar-refractivity contribution in [2.45, 2.75) is 58.8 Å². The van der Waals surface area contributed by atoms with Crippen LogP contribution in [-0.2, 0) is 43.1 Å². The predicted molar refractivity (Wildman–Crippen MR) is 152 cm³/mol. The Morgan fingerprint density at radius 1 is 0.860 bits per heavy atom. The van der Waals surface area contributed by atoms with E-state index in [0.29, 0.717) is 50.1 Å². The summed E-state index contributed by atoms with van der Waals surface area (Å²) in [6, 6.07) is 4.35. The van der Waals surface area contributed by atoms with Gasteiger partial charge in [0.2, 0.25) is 5.91 Å². The number of oxime groups is 1. The van der Waals surface area contributed by atoms with Crippen molar-refractivity contribution in [3.8, 4) is 11.5 Å². The highest BCUT2D eigenvalue weighted by Crippen LogP contribution is 2.27. The maximum atomic E-state index is 12.5. The Kier molecular flexibility index (Phi) is 16.3. The molecule has 3 amide bonds. The Balaban J connectivity index is 1.92. The zero-order valence-electron chi connectivity index (χ0n) is 24.6. The van der Waals surface area contributed by atoms with Gasteiger partial charge < -0.3 is 39.7 Å². The number of ether oxygens (including phenoxy) is 4. The van der Waals surface area contributed by atoms with Gasteiger partial charge in [-0.2, -0.15) is 0 Å². The SMILES string of the molecule is CC(C)=NOCCCCCC(=O)Nc1cc(OCCOCCOCCN)cc(OC(=O)CC(=O)ON2C(=O)CCC2=O)c1. The molecule has 3 N–H and O–H groups in total. The first-order chi connectivity index (χ1) is 20.7. The van der Waals surface area contributed by atoms with Crippen LogP contribution in [0, 0.1) is 0 Å². The summed E-state index contributed by atoms with van der Waals surface area (Å²) in [6.07, 6.45) is 1.36. The molecule has 1 aromatic rings. The fourth-order valence-electron chi connectivity index (χ4n) is 3.51. The van der Waals surface area contributed by atoms with Gasteiger partial charge in [0.15, 0.2) is 0 Å². The van der Waals surface area contributed by atoms with Crippen molar-refractivity contribution in [2.24, 2.45) is 10.9 Å². The molecule has 1 aliphatic rings. The van der Waals surface area contributed by atoms with Crippen molar-refractivity contribution in [2.75, 3.05) is 51.5 Å². The summed E-state index contributed by atoms with van der Waals surface area (Å²) in [4.78, 5) is 70.1. The molecule has 43 heavy (non-hydrogen) atoms. The molecule has 15 nitrogen and oxygen atoms in total. The molecule has 0 bridgehead atoms. The molecule has 0 saturated carbocycles. The summed E-state index contributed by atoms with van der Waals surface area (Å²) >= 11 is 0. The molecular weight excluding hydrogens is 568 g/mol. The standard InChI is InChI=1S/C28H40N4O11/c1-20(2)31-41-10-5-3-4-6-24(33)30-21-16-22(40-15-14-39-13-12-38-11-9-29)18-23(17-21)42-27(36)19-28(37)43-32-25(34)7-8-26(32)35/h16-18H,3-15,19,29H2,1-2H3,(H,30,33). The van der Waals surface area contributed by atoms with Crippen molar-refractivity contribution in [1.82, 2.24) is 5.06 Å². The average molecular weight is 609 g/mol. The molecule has 0 unspecified atom stereocenters. The van der Waals surface area contributed by atoms with Crippen molar-refractivity contribution < 1.29 is 52.6 Å². The van der Waals surface area contributed by atoms with Gasteiger partial charge in [0.05, 0.1) is 32.1 Å². The lowest BCUT2D eigenvalue weighted by Crippen LogP contribution is -2.33. The number of carbonyl (C=O) groups excluding carboxylic acids is 5. The van der Waals surface area contributed by atoms with Crippen LogP contribution in [0.5, 0.6) is 11.5 Å². The fourth-order valence-corrected chi connectivity index (χ4v) is 3.51. The highest BCUT2D eigenvalue weighted by molar-refractivity contribution is 6.02. The predicted octanol–water partition coefficient (Wildman–Crippen LogP) is 1.87. The lowest BCUT2D eigenvalue weighted by Gasteiger charge is -2.14. The number of rotatable bonds is 21. The first-order valence-electron chi connectivity index (χ1n) is 14.0. The maximum absolute atomic E-state index is 12.5. The summed E-state index contributed by atoms with van der Waals surface area (Å²) in [5.41, 5.74) is 6.48. The van der Waals surface area contributed by atoms with Gasteiger partial charge in [0.25, 0.3) is 11.8 Å². The number of benzene rings is 1. The van der Waals surface area contributed by atoms with Crippen LogP contribution >= 0.6 is 0 Å². The molecule has 15 heteroatoms. The van der Waals surface area contributed by atoms with E-state index in [0.717, 1.165) is 18.6 Å². The number of amides is 3. The summed E-state index contributed by atoms with van der Waals surface area (Å²) < 4.78 is 21.6. The van der Waals surface area contributed by atoms with Gasteiger partial charge in [0.1, 0.15) is 31.1 Å². The number of esters is 1. The quantitative estimate of drug-likeness (QED) is 0.0392. The largest absolute Gasteiger partial charge is 0.491 e. The van der Waals surface area contributed by atoms with Crippen molar-refractivity contribution >= 4 is 41.1 Å². The minimum Gasteiger partial charge on any atom is -0.491 e. The van der Waals surface area contributed by atoms with Gasteiger partial charge in [-0.1, -0.05) is 5.16 Å². The normalized spacial score (nSPS) is 12.6. The van der Waals surface area contributed by atoms with E-state index in [1.54, 1.807) is 6.07 Å². The summed E-state index contributed by atoms with van der Waals surface area (Å²) in [6.45, 7) is 6.12. The van der Waals surface area contributed by atoms with Crippen LogP contribution in [0.4, 0.5) is 5.69 Å². The highest BCUT2D eigenvalue weighted by Gasteiger charge is 2.33. The Labute approximate surface area is 249 Å². The molecule has 0 aromatic heterocycles. The number of nitrogens with zero attached hydrogens (tertiary/aromatic N) is 2. The van der Waals surface area contributed by atoms with Crippen molar-refractivity contribution in [3.05, 3.63) is 18.2 Å². The molecular formula is C28H40N4O11. The monoisotopic (exact) mass is 608 g/mol. The van der Waals surface area contributed by atoms with Gasteiger partial charge in [-0.15, -0.1) is 5.06 Å². The van der Waals surface area contributed by atoms with Crippen molar-refractivity contribution in [3.63, 3.8) is 0 Å². The number of nitrogens with two attached hydrogens (primary N) is 1. The summed E-state index contributed by atoms with van der Waals surface area (Å²) in [5.74, 6) is -3.49. The van der Waals surface area contributed by atoms with E-state index in [4.69, 9.17) is 34.4 Å². The van der Waals surface area contributed by atoms with E-state index >= 15 is 0 Å². The van der Waals surface area contributed by atoms with Crippen molar-refractivity contribution in [1.29, 1.82) is 0 Å². The van der Waals surface area contributed by atoms with Gasteiger partial charge in [-0.3, -0.25) is 19.2 Å². The lowest BCUT2D eigenvalue weighted by molar-refractivity contribution is -0.198. The highest BCUT2D eigenvalue weighted by atomic mass is 16.7. The van der Waals surface area contributed by atoms with Gasteiger partial charge in [-0.05, 0) is 33.1 Å². The van der Waals surface area contributed by atoms with E-state index in [9.17, 15) is 24.0 Å².